The van der Waals surface area contributed by atoms with Crippen molar-refractivity contribution in [1.29, 1.82) is 0 Å². The quantitative estimate of drug-likeness (QED) is 0.180. The predicted molar refractivity (Wildman–Crippen MR) is 221 cm³/mol. The highest BCUT2D eigenvalue weighted by Crippen LogP contribution is 2.51. The average Bonchev–Trinajstić information content (AvgIpc) is 3.34. The summed E-state index contributed by atoms with van der Waals surface area (Å²) in [5.74, 6) is 1.75. The molecule has 0 amide bonds. The van der Waals surface area contributed by atoms with Crippen LogP contribution in [0.5, 0.6) is 11.5 Å². The van der Waals surface area contributed by atoms with Gasteiger partial charge in [-0.3, -0.25) is 0 Å². The maximum absolute atomic E-state index is 6.52. The summed E-state index contributed by atoms with van der Waals surface area (Å²) in [5, 5.41) is 0. The van der Waals surface area contributed by atoms with Gasteiger partial charge >= 0.3 is 0 Å². The lowest BCUT2D eigenvalue weighted by Crippen LogP contribution is -2.16. The van der Waals surface area contributed by atoms with Crippen molar-refractivity contribution in [2.75, 3.05) is 4.90 Å². The molecule has 2 aliphatic rings. The number of fused-ring (bicyclic) bond motifs is 8. The van der Waals surface area contributed by atoms with Gasteiger partial charge in [0, 0.05) is 33.6 Å². The summed E-state index contributed by atoms with van der Waals surface area (Å²) >= 11 is 0. The molecular weight excluding hydrogens is 643 g/mol. The Labute approximate surface area is 311 Å². The van der Waals surface area contributed by atoms with Gasteiger partial charge in [-0.25, -0.2) is 0 Å². The topological polar surface area (TPSA) is 12.5 Å². The second-order valence-electron chi connectivity index (χ2n) is 14.6. The van der Waals surface area contributed by atoms with Crippen LogP contribution in [-0.2, 0) is 5.41 Å². The molecule has 0 unspecified atom stereocenters. The molecule has 8 aromatic carbocycles. The summed E-state index contributed by atoms with van der Waals surface area (Å²) in [6.07, 6.45) is 0. The van der Waals surface area contributed by atoms with Crippen molar-refractivity contribution in [1.82, 2.24) is 0 Å². The van der Waals surface area contributed by atoms with Gasteiger partial charge in [0.05, 0.1) is 0 Å². The van der Waals surface area contributed by atoms with Gasteiger partial charge in [-0.15, -0.1) is 0 Å². The minimum atomic E-state index is -0.0936. The van der Waals surface area contributed by atoms with Crippen LogP contribution < -0.4 is 9.64 Å². The van der Waals surface area contributed by atoms with Crippen LogP contribution in [0.15, 0.2) is 188 Å². The molecule has 1 aliphatic heterocycles. The molecule has 2 heteroatoms. The number of ether oxygens (including phenoxy) is 1. The minimum Gasteiger partial charge on any atom is -0.456 e. The molecule has 0 aromatic heterocycles. The van der Waals surface area contributed by atoms with Gasteiger partial charge in [0.25, 0.3) is 0 Å². The van der Waals surface area contributed by atoms with Crippen LogP contribution >= 0.6 is 0 Å². The number of hydrogen-bond donors (Lipinski definition) is 0. The minimum absolute atomic E-state index is 0.0936. The fourth-order valence-electron chi connectivity index (χ4n) is 8.37. The molecule has 53 heavy (non-hydrogen) atoms. The summed E-state index contributed by atoms with van der Waals surface area (Å²) in [5.41, 5.74) is 17.9. The second-order valence-corrected chi connectivity index (χ2v) is 14.6. The van der Waals surface area contributed by atoms with Gasteiger partial charge in [0.1, 0.15) is 11.5 Å². The SMILES string of the molecule is CC1(C)c2ccccc2-c2ccc(N(c3ccc(-c4ccccc4)cc3)c3ccc(-c4ccc5c(c4)-c4ccccc4-c4ccccc4O5)cc3)cc21. The zero-order valence-corrected chi connectivity index (χ0v) is 29.8. The van der Waals surface area contributed by atoms with Crippen molar-refractivity contribution in [3.63, 3.8) is 0 Å². The third-order valence-electron chi connectivity index (χ3n) is 11.1. The largest absolute Gasteiger partial charge is 0.456 e. The lowest BCUT2D eigenvalue weighted by atomic mass is 9.82. The molecule has 2 nitrogen and oxygen atoms in total. The number of hydrogen-bond acceptors (Lipinski definition) is 2. The Balaban J connectivity index is 1.06. The summed E-state index contributed by atoms with van der Waals surface area (Å²) in [6, 6.07) is 67.8. The van der Waals surface area contributed by atoms with E-state index in [0.29, 0.717) is 0 Å². The smallest absolute Gasteiger partial charge is 0.135 e. The van der Waals surface area contributed by atoms with E-state index < -0.39 is 0 Å². The fraction of sp³-hybridized carbons (Fsp3) is 0.0588. The van der Waals surface area contributed by atoms with Crippen LogP contribution in [0.1, 0.15) is 25.0 Å². The number of para-hydroxylation sites is 1. The molecule has 0 radical (unpaired) electrons. The summed E-state index contributed by atoms with van der Waals surface area (Å²) in [4.78, 5) is 2.39. The highest BCUT2D eigenvalue weighted by atomic mass is 16.5. The van der Waals surface area contributed by atoms with Gasteiger partial charge in [0.2, 0.25) is 0 Å². The van der Waals surface area contributed by atoms with Crippen molar-refractivity contribution < 1.29 is 4.74 Å². The molecule has 252 valence electrons. The normalized spacial score (nSPS) is 13.0. The van der Waals surface area contributed by atoms with Crippen LogP contribution in [0.2, 0.25) is 0 Å². The molecule has 1 heterocycles. The molecule has 0 saturated carbocycles. The molecule has 0 fully saturated rings. The molecule has 0 spiro atoms. The number of nitrogens with zero attached hydrogens (tertiary/aromatic N) is 1. The standard InChI is InChI=1S/C51H37NO/c1-51(2)47-18-10-8-16-43(47)44-30-29-40(33-48(44)51)52(38-25-20-35(21-26-38)34-12-4-3-5-13-34)39-27-22-36(23-28-39)37-24-31-50-46(32-37)42-15-7-6-14-41(42)45-17-9-11-19-49(45)53-50/h3-33H,1-2H3. The maximum Gasteiger partial charge on any atom is 0.135 e. The van der Waals surface area contributed by atoms with Gasteiger partial charge in [-0.2, -0.15) is 0 Å². The zero-order valence-electron chi connectivity index (χ0n) is 29.8. The highest BCUT2D eigenvalue weighted by Gasteiger charge is 2.35. The number of benzene rings is 8. The van der Waals surface area contributed by atoms with Gasteiger partial charge in [-0.05, 0) is 110 Å². The summed E-state index contributed by atoms with van der Waals surface area (Å²) in [6.45, 7) is 4.69. The van der Waals surface area contributed by atoms with Crippen molar-refractivity contribution >= 4 is 17.1 Å². The van der Waals surface area contributed by atoms with E-state index in [4.69, 9.17) is 4.74 Å². The zero-order chi connectivity index (χ0) is 35.5. The first kappa shape index (κ1) is 31.1. The Hall–Kier alpha value is -6.64. The van der Waals surface area contributed by atoms with Crippen LogP contribution in [0.25, 0.3) is 55.6 Å². The Morgan fingerprint density at radius 3 is 1.55 bits per heavy atom. The number of anilines is 3. The molecule has 1 aliphatic carbocycles. The van der Waals surface area contributed by atoms with E-state index >= 15 is 0 Å². The summed E-state index contributed by atoms with van der Waals surface area (Å²) < 4.78 is 6.52. The van der Waals surface area contributed by atoms with Gasteiger partial charge in [0.15, 0.2) is 0 Å². The Bertz CT molecular complexity index is 2650. The fourth-order valence-corrected chi connectivity index (χ4v) is 8.37. The lowest BCUT2D eigenvalue weighted by Gasteiger charge is -2.28. The van der Waals surface area contributed by atoms with E-state index in [9.17, 15) is 0 Å². The van der Waals surface area contributed by atoms with E-state index in [1.807, 2.05) is 6.07 Å². The van der Waals surface area contributed by atoms with E-state index in [2.05, 4.69) is 201 Å². The van der Waals surface area contributed by atoms with E-state index in [1.54, 1.807) is 0 Å². The van der Waals surface area contributed by atoms with Crippen LogP contribution in [0.4, 0.5) is 17.1 Å². The van der Waals surface area contributed by atoms with Crippen molar-refractivity contribution in [2.45, 2.75) is 19.3 Å². The first-order valence-corrected chi connectivity index (χ1v) is 18.3. The molecule has 0 saturated heterocycles. The van der Waals surface area contributed by atoms with Gasteiger partial charge in [-0.1, -0.05) is 147 Å². The average molecular weight is 680 g/mol. The third-order valence-corrected chi connectivity index (χ3v) is 11.1. The molecule has 0 N–H and O–H groups in total. The van der Waals surface area contributed by atoms with E-state index in [1.165, 1.54) is 44.5 Å². The Morgan fingerprint density at radius 2 is 0.830 bits per heavy atom. The Morgan fingerprint density at radius 1 is 0.340 bits per heavy atom. The predicted octanol–water partition coefficient (Wildman–Crippen LogP) is 14.2. The molecule has 8 aromatic rings. The molecule has 10 rings (SSSR count). The van der Waals surface area contributed by atoms with Crippen molar-refractivity contribution in [3.8, 4) is 67.1 Å². The molecule has 0 bridgehead atoms. The highest BCUT2D eigenvalue weighted by molar-refractivity contribution is 5.92. The maximum atomic E-state index is 6.52. The first-order valence-electron chi connectivity index (χ1n) is 18.3. The van der Waals surface area contributed by atoms with Crippen molar-refractivity contribution in [3.05, 3.63) is 199 Å². The first-order chi connectivity index (χ1) is 26.0. The third kappa shape index (κ3) is 5.18. The summed E-state index contributed by atoms with van der Waals surface area (Å²) in [7, 11) is 0. The van der Waals surface area contributed by atoms with Crippen LogP contribution in [0.3, 0.4) is 0 Å². The van der Waals surface area contributed by atoms with Crippen LogP contribution in [0, 0.1) is 0 Å². The molecular formula is C51H37NO. The van der Waals surface area contributed by atoms with Gasteiger partial charge < -0.3 is 9.64 Å². The molecule has 0 atom stereocenters. The van der Waals surface area contributed by atoms with E-state index in [-0.39, 0.29) is 5.41 Å². The van der Waals surface area contributed by atoms with E-state index in [0.717, 1.165) is 50.8 Å². The van der Waals surface area contributed by atoms with Crippen LogP contribution in [-0.4, -0.2) is 0 Å². The Kier molecular flexibility index (Phi) is 7.19. The second kappa shape index (κ2) is 12.3. The number of rotatable bonds is 5. The van der Waals surface area contributed by atoms with Crippen molar-refractivity contribution in [2.24, 2.45) is 0 Å². The lowest BCUT2D eigenvalue weighted by molar-refractivity contribution is 0.488. The monoisotopic (exact) mass is 679 g/mol.